The van der Waals surface area contributed by atoms with Gasteiger partial charge in [0, 0.05) is 5.69 Å². The molecular weight excluding hydrogens is 341 g/mol. The molecule has 0 bridgehead atoms. The molecule has 1 heterocycles. The van der Waals surface area contributed by atoms with Crippen molar-refractivity contribution >= 4 is 28.6 Å². The summed E-state index contributed by atoms with van der Waals surface area (Å²) in [4.78, 5) is 40.5. The lowest BCUT2D eigenvalue weighted by Gasteiger charge is -2.13. The summed E-state index contributed by atoms with van der Waals surface area (Å²) in [7, 11) is 0. The normalized spacial score (nSPS) is 11.9. The Bertz CT molecular complexity index is 1020. The van der Waals surface area contributed by atoms with E-state index in [-0.39, 0.29) is 12.1 Å². The second-order valence-corrected chi connectivity index (χ2v) is 5.77. The van der Waals surface area contributed by atoms with E-state index in [4.69, 9.17) is 4.74 Å². The summed E-state index contributed by atoms with van der Waals surface area (Å²) in [6.07, 6.45) is -1.16. The number of hydrogen-bond donors (Lipinski definition) is 3. The fourth-order valence-corrected chi connectivity index (χ4v) is 2.46. The number of nitrogens with one attached hydrogen (secondary N) is 3. The zero-order valence-corrected chi connectivity index (χ0v) is 13.8. The molecule has 3 aromatic rings. The first-order chi connectivity index (χ1) is 12.4. The number of fused-ring (bicyclic) bond motifs is 1. The third kappa shape index (κ3) is 4.15. The molecule has 1 aromatic heterocycles. The lowest BCUT2D eigenvalue weighted by molar-refractivity contribution is -0.152. The molecule has 0 aliphatic rings. The number of carbonyl (C=O) groups excluding carboxylic acids is 2. The van der Waals surface area contributed by atoms with Crippen LogP contribution in [0.1, 0.15) is 12.5 Å². The van der Waals surface area contributed by atoms with Gasteiger partial charge in [-0.25, -0.2) is 9.18 Å². The highest BCUT2D eigenvalue weighted by atomic mass is 19.1. The number of aromatic amines is 2. The summed E-state index contributed by atoms with van der Waals surface area (Å²) in [5.74, 6) is -1.60. The topological polar surface area (TPSA) is 104 Å². The maximum atomic E-state index is 13.1. The molecule has 0 spiro atoms. The molecule has 1 atom stereocenters. The van der Waals surface area contributed by atoms with Gasteiger partial charge >= 0.3 is 11.7 Å². The van der Waals surface area contributed by atoms with E-state index in [0.717, 1.165) is 0 Å². The van der Waals surface area contributed by atoms with Crippen LogP contribution in [0.25, 0.3) is 11.0 Å². The van der Waals surface area contributed by atoms with Gasteiger partial charge in [0.2, 0.25) is 0 Å². The van der Waals surface area contributed by atoms with Crippen LogP contribution >= 0.6 is 0 Å². The zero-order chi connectivity index (χ0) is 18.7. The van der Waals surface area contributed by atoms with Crippen molar-refractivity contribution in [2.75, 3.05) is 5.32 Å². The fraction of sp³-hybridized carbons (Fsp3) is 0.167. The van der Waals surface area contributed by atoms with E-state index in [1.165, 1.54) is 25.1 Å². The highest BCUT2D eigenvalue weighted by Gasteiger charge is 2.18. The van der Waals surface area contributed by atoms with E-state index in [1.54, 1.807) is 24.3 Å². The van der Waals surface area contributed by atoms with Crippen molar-refractivity contribution in [3.8, 4) is 0 Å². The van der Waals surface area contributed by atoms with Gasteiger partial charge in [-0.3, -0.25) is 9.59 Å². The molecule has 0 aliphatic carbocycles. The number of rotatable bonds is 5. The molecular formula is C18H16FN3O4. The lowest BCUT2D eigenvalue weighted by atomic mass is 10.1. The van der Waals surface area contributed by atoms with Gasteiger partial charge in [-0.2, -0.15) is 0 Å². The number of esters is 1. The minimum Gasteiger partial charge on any atom is -0.452 e. The van der Waals surface area contributed by atoms with E-state index in [2.05, 4.69) is 15.3 Å². The van der Waals surface area contributed by atoms with Gasteiger partial charge in [-0.15, -0.1) is 0 Å². The van der Waals surface area contributed by atoms with Gasteiger partial charge in [0.1, 0.15) is 5.82 Å². The maximum Gasteiger partial charge on any atom is 0.323 e. The summed E-state index contributed by atoms with van der Waals surface area (Å²) in [6, 6.07) is 10.5. The molecule has 3 rings (SSSR count). The number of H-pyrrole nitrogens is 2. The van der Waals surface area contributed by atoms with Gasteiger partial charge < -0.3 is 20.0 Å². The minimum absolute atomic E-state index is 0.133. The van der Waals surface area contributed by atoms with E-state index in [9.17, 15) is 18.8 Å². The van der Waals surface area contributed by atoms with Crippen molar-refractivity contribution in [2.45, 2.75) is 19.4 Å². The Morgan fingerprint density at radius 3 is 2.69 bits per heavy atom. The first kappa shape index (κ1) is 17.4. The van der Waals surface area contributed by atoms with Crippen LogP contribution in [-0.2, 0) is 20.7 Å². The Kier molecular flexibility index (Phi) is 4.83. The number of imidazole rings is 1. The number of aromatic nitrogens is 2. The molecule has 134 valence electrons. The molecule has 0 aliphatic heterocycles. The number of anilines is 1. The molecule has 0 unspecified atom stereocenters. The molecule has 3 N–H and O–H groups in total. The van der Waals surface area contributed by atoms with Crippen molar-refractivity contribution in [1.29, 1.82) is 0 Å². The number of carbonyl (C=O) groups is 2. The van der Waals surface area contributed by atoms with Crippen molar-refractivity contribution in [3.05, 3.63) is 64.3 Å². The number of ether oxygens (including phenoxy) is 1. The Balaban J connectivity index is 1.59. The first-order valence-electron chi connectivity index (χ1n) is 7.87. The van der Waals surface area contributed by atoms with Crippen LogP contribution in [0.3, 0.4) is 0 Å². The Hall–Kier alpha value is -3.42. The van der Waals surface area contributed by atoms with Crippen molar-refractivity contribution in [2.24, 2.45) is 0 Å². The largest absolute Gasteiger partial charge is 0.452 e. The number of amides is 1. The van der Waals surface area contributed by atoms with Crippen LogP contribution in [0.5, 0.6) is 0 Å². The third-order valence-electron chi connectivity index (χ3n) is 3.70. The van der Waals surface area contributed by atoms with Gasteiger partial charge in [-0.05, 0) is 42.8 Å². The zero-order valence-electron chi connectivity index (χ0n) is 13.8. The molecule has 8 heteroatoms. The van der Waals surface area contributed by atoms with Gasteiger partial charge in [0.05, 0.1) is 17.5 Å². The maximum absolute atomic E-state index is 13.1. The molecule has 1 amide bonds. The predicted molar refractivity (Wildman–Crippen MR) is 93.2 cm³/mol. The van der Waals surface area contributed by atoms with E-state index < -0.39 is 23.8 Å². The van der Waals surface area contributed by atoms with Crippen LogP contribution in [-0.4, -0.2) is 27.9 Å². The molecule has 0 saturated heterocycles. The van der Waals surface area contributed by atoms with Gasteiger partial charge in [-0.1, -0.05) is 12.1 Å². The van der Waals surface area contributed by atoms with E-state index in [0.29, 0.717) is 22.3 Å². The van der Waals surface area contributed by atoms with Gasteiger partial charge in [0.15, 0.2) is 6.10 Å². The summed E-state index contributed by atoms with van der Waals surface area (Å²) in [5, 5.41) is 2.61. The average Bonchev–Trinajstić information content (AvgIpc) is 2.94. The second-order valence-electron chi connectivity index (χ2n) is 5.77. The molecule has 0 fully saturated rings. The quantitative estimate of drug-likeness (QED) is 0.608. The average molecular weight is 357 g/mol. The molecule has 0 saturated carbocycles. The fourth-order valence-electron chi connectivity index (χ4n) is 2.46. The smallest absolute Gasteiger partial charge is 0.323 e. The summed E-state index contributed by atoms with van der Waals surface area (Å²) in [5.41, 5.74) is 1.73. The van der Waals surface area contributed by atoms with Crippen LogP contribution in [0.4, 0.5) is 10.1 Å². The van der Waals surface area contributed by atoms with E-state index >= 15 is 0 Å². The first-order valence-corrected chi connectivity index (χ1v) is 7.87. The van der Waals surface area contributed by atoms with Gasteiger partial charge in [0.25, 0.3) is 5.91 Å². The molecule has 2 aromatic carbocycles. The molecule has 7 nitrogen and oxygen atoms in total. The monoisotopic (exact) mass is 357 g/mol. The number of benzene rings is 2. The van der Waals surface area contributed by atoms with Crippen LogP contribution in [0, 0.1) is 5.82 Å². The van der Waals surface area contributed by atoms with E-state index in [1.807, 2.05) is 0 Å². The highest BCUT2D eigenvalue weighted by Crippen LogP contribution is 2.15. The summed E-state index contributed by atoms with van der Waals surface area (Å²) < 4.78 is 18.2. The summed E-state index contributed by atoms with van der Waals surface area (Å²) >= 11 is 0. The SMILES string of the molecule is C[C@H](OC(=O)Cc1cccc(F)c1)C(=O)Nc1ccc2[nH]c(=O)[nH]c2c1. The molecule has 0 radical (unpaired) electrons. The highest BCUT2D eigenvalue weighted by molar-refractivity contribution is 5.96. The van der Waals surface area contributed by atoms with Crippen molar-refractivity contribution < 1.29 is 18.7 Å². The van der Waals surface area contributed by atoms with Crippen LogP contribution in [0.15, 0.2) is 47.3 Å². The Morgan fingerprint density at radius 2 is 1.92 bits per heavy atom. The Labute approximate surface area is 147 Å². The van der Waals surface area contributed by atoms with Crippen molar-refractivity contribution in [1.82, 2.24) is 9.97 Å². The Morgan fingerprint density at radius 1 is 1.15 bits per heavy atom. The minimum atomic E-state index is -1.03. The van der Waals surface area contributed by atoms with Crippen molar-refractivity contribution in [3.63, 3.8) is 0 Å². The summed E-state index contributed by atoms with van der Waals surface area (Å²) in [6.45, 7) is 1.44. The predicted octanol–water partition coefficient (Wildman–Crippen LogP) is 2.11. The van der Waals surface area contributed by atoms with Crippen LogP contribution < -0.4 is 11.0 Å². The molecule has 26 heavy (non-hydrogen) atoms. The second kappa shape index (κ2) is 7.22. The number of halogens is 1. The lowest BCUT2D eigenvalue weighted by Crippen LogP contribution is -2.30. The van der Waals surface area contributed by atoms with Crippen LogP contribution in [0.2, 0.25) is 0 Å². The third-order valence-corrected chi connectivity index (χ3v) is 3.70. The number of hydrogen-bond acceptors (Lipinski definition) is 4. The standard InChI is InChI=1S/C18H16FN3O4/c1-10(26-16(23)8-11-3-2-4-12(19)7-11)17(24)20-13-5-6-14-15(9-13)22-18(25)21-14/h2-7,9-10H,8H2,1H3,(H,20,24)(H2,21,22,25)/t10-/m0/s1.